The van der Waals surface area contributed by atoms with Crippen LogP contribution in [0.5, 0.6) is 0 Å². The van der Waals surface area contributed by atoms with Gasteiger partial charge in [0.15, 0.2) is 5.82 Å². The lowest BCUT2D eigenvalue weighted by atomic mass is 10.1. The normalized spacial score (nSPS) is 18.9. The summed E-state index contributed by atoms with van der Waals surface area (Å²) < 4.78 is 28.7. The van der Waals surface area contributed by atoms with Crippen LogP contribution in [0.4, 0.5) is 19.3 Å². The van der Waals surface area contributed by atoms with Crippen LogP contribution in [0.25, 0.3) is 0 Å². The van der Waals surface area contributed by atoms with Crippen LogP contribution in [-0.2, 0) is 24.3 Å². The van der Waals surface area contributed by atoms with Gasteiger partial charge in [-0.15, -0.1) is 0 Å². The lowest BCUT2D eigenvalue weighted by Gasteiger charge is -2.27. The Kier molecular flexibility index (Phi) is 5.21. The summed E-state index contributed by atoms with van der Waals surface area (Å²) in [5.74, 6) is -1.13. The number of urea groups is 1. The van der Waals surface area contributed by atoms with Crippen molar-refractivity contribution >= 4 is 33.6 Å². The summed E-state index contributed by atoms with van der Waals surface area (Å²) in [6.45, 7) is -0.207. The Morgan fingerprint density at radius 3 is 3.03 bits per heavy atom. The highest BCUT2D eigenvalue weighted by Crippen LogP contribution is 2.27. The number of carbonyl (C=O) groups excluding carboxylic acids is 2. The molecule has 4 rings (SSSR count). The van der Waals surface area contributed by atoms with Crippen LogP contribution in [0.1, 0.15) is 21.7 Å². The van der Waals surface area contributed by atoms with Crippen LogP contribution in [0.15, 0.2) is 16.9 Å². The predicted octanol–water partition coefficient (Wildman–Crippen LogP) is 2.13. The molecule has 0 fully saturated rings. The van der Waals surface area contributed by atoms with E-state index in [1.807, 2.05) is 0 Å². The summed E-state index contributed by atoms with van der Waals surface area (Å²) >= 11 is 2.98. The number of hydroxylamine groups is 2. The molecule has 0 unspecified atom stereocenters. The molecule has 2 aromatic rings. The number of nitrogens with zero attached hydrogens (tertiary/aromatic N) is 5. The zero-order chi connectivity index (χ0) is 20.7. The van der Waals surface area contributed by atoms with Crippen molar-refractivity contribution in [2.45, 2.75) is 25.6 Å². The highest BCUT2D eigenvalue weighted by molar-refractivity contribution is 9.10. The van der Waals surface area contributed by atoms with Gasteiger partial charge in [-0.1, -0.05) is 0 Å². The van der Waals surface area contributed by atoms with Gasteiger partial charge < -0.3 is 10.2 Å². The Bertz CT molecular complexity index is 984. The fourth-order valence-corrected chi connectivity index (χ4v) is 3.74. The van der Waals surface area contributed by atoms with E-state index in [1.165, 1.54) is 28.9 Å². The Hall–Kier alpha value is -2.60. The molecule has 2 aromatic heterocycles. The smallest absolute Gasteiger partial charge is 0.320 e. The molecule has 9 nitrogen and oxygen atoms in total. The monoisotopic (exact) mass is 470 g/mol. The van der Waals surface area contributed by atoms with E-state index in [1.54, 1.807) is 0 Å². The molecular formula is C17H17BrF2N6O3. The SMILES string of the molecule is CN1O[C@H](CF)Cn2nc3c(c2C1=O)CN(C(=O)Nc1ccnc(Br)c1F)CC3. The number of nitrogens with one attached hydrogen (secondary N) is 1. The van der Waals surface area contributed by atoms with Gasteiger partial charge in [-0.25, -0.2) is 23.6 Å². The van der Waals surface area contributed by atoms with Gasteiger partial charge in [0.25, 0.3) is 5.91 Å². The van der Waals surface area contributed by atoms with Crippen molar-refractivity contribution in [3.63, 3.8) is 0 Å². The van der Waals surface area contributed by atoms with Crippen LogP contribution in [0.3, 0.4) is 0 Å². The molecule has 0 saturated carbocycles. The third kappa shape index (κ3) is 3.57. The van der Waals surface area contributed by atoms with E-state index < -0.39 is 30.5 Å². The first-order valence-corrected chi connectivity index (χ1v) is 9.63. The summed E-state index contributed by atoms with van der Waals surface area (Å²) in [4.78, 5) is 35.9. The van der Waals surface area contributed by atoms with Crippen molar-refractivity contribution in [3.8, 4) is 0 Å². The summed E-state index contributed by atoms with van der Waals surface area (Å²) in [6.07, 6.45) is 0.965. The minimum atomic E-state index is -0.820. The Morgan fingerprint density at radius 2 is 2.28 bits per heavy atom. The molecule has 154 valence electrons. The molecule has 0 aliphatic carbocycles. The van der Waals surface area contributed by atoms with Crippen LogP contribution in [0.2, 0.25) is 0 Å². The Balaban J connectivity index is 1.59. The maximum atomic E-state index is 14.1. The molecule has 0 radical (unpaired) electrons. The lowest BCUT2D eigenvalue weighted by molar-refractivity contribution is -0.152. The number of hydrogen-bond donors (Lipinski definition) is 1. The number of halogens is 3. The number of aromatic nitrogens is 3. The van der Waals surface area contributed by atoms with Gasteiger partial charge in [0.2, 0.25) is 0 Å². The van der Waals surface area contributed by atoms with Gasteiger partial charge in [-0.3, -0.25) is 14.3 Å². The van der Waals surface area contributed by atoms with E-state index >= 15 is 0 Å². The second-order valence-corrected chi connectivity index (χ2v) is 7.46. The molecule has 3 amide bonds. The van der Waals surface area contributed by atoms with Gasteiger partial charge >= 0.3 is 6.03 Å². The van der Waals surface area contributed by atoms with E-state index in [9.17, 15) is 18.4 Å². The second-order valence-electron chi connectivity index (χ2n) is 6.71. The first-order chi connectivity index (χ1) is 13.9. The number of hydrogen-bond acceptors (Lipinski definition) is 5. The van der Waals surface area contributed by atoms with E-state index in [-0.39, 0.29) is 29.1 Å². The molecule has 0 aromatic carbocycles. The van der Waals surface area contributed by atoms with Gasteiger partial charge in [-0.05, 0) is 22.0 Å². The Morgan fingerprint density at radius 1 is 1.48 bits per heavy atom. The number of carbonyl (C=O) groups is 2. The maximum absolute atomic E-state index is 14.1. The summed E-state index contributed by atoms with van der Waals surface area (Å²) in [7, 11) is 1.41. The summed E-state index contributed by atoms with van der Waals surface area (Å²) in [6, 6.07) is 0.839. The van der Waals surface area contributed by atoms with Gasteiger partial charge in [0, 0.05) is 31.8 Å². The number of pyridine rings is 1. The van der Waals surface area contributed by atoms with Gasteiger partial charge in [0.05, 0.1) is 24.5 Å². The number of fused-ring (bicyclic) bond motifs is 3. The molecule has 29 heavy (non-hydrogen) atoms. The van der Waals surface area contributed by atoms with Crippen molar-refractivity contribution in [1.29, 1.82) is 0 Å². The molecule has 0 spiro atoms. The summed E-state index contributed by atoms with van der Waals surface area (Å²) in [5.41, 5.74) is 1.53. The first-order valence-electron chi connectivity index (χ1n) is 8.84. The van der Waals surface area contributed by atoms with Crippen LogP contribution >= 0.6 is 15.9 Å². The van der Waals surface area contributed by atoms with Gasteiger partial charge in [0.1, 0.15) is 23.1 Å². The molecular weight excluding hydrogens is 454 g/mol. The molecule has 4 heterocycles. The average molecular weight is 471 g/mol. The number of alkyl halides is 1. The van der Waals surface area contributed by atoms with Crippen molar-refractivity contribution in [2.75, 3.05) is 25.6 Å². The van der Waals surface area contributed by atoms with Crippen molar-refractivity contribution < 1.29 is 23.2 Å². The third-order valence-electron chi connectivity index (χ3n) is 4.82. The minimum absolute atomic E-state index is 0.00534. The number of amides is 3. The van der Waals surface area contributed by atoms with Gasteiger partial charge in [-0.2, -0.15) is 5.10 Å². The summed E-state index contributed by atoms with van der Waals surface area (Å²) in [5, 5.41) is 7.94. The van der Waals surface area contributed by atoms with E-state index in [2.05, 4.69) is 31.3 Å². The van der Waals surface area contributed by atoms with E-state index in [0.717, 1.165) is 5.06 Å². The second kappa shape index (κ2) is 7.67. The van der Waals surface area contributed by atoms with Crippen LogP contribution in [-0.4, -0.2) is 63.0 Å². The molecule has 1 atom stereocenters. The largest absolute Gasteiger partial charge is 0.322 e. The van der Waals surface area contributed by atoms with Crippen LogP contribution in [0, 0.1) is 5.82 Å². The zero-order valence-corrected chi connectivity index (χ0v) is 16.9. The number of rotatable bonds is 2. The molecule has 0 bridgehead atoms. The van der Waals surface area contributed by atoms with Crippen molar-refractivity contribution in [2.24, 2.45) is 0 Å². The van der Waals surface area contributed by atoms with E-state index in [0.29, 0.717) is 24.2 Å². The molecule has 2 aliphatic rings. The third-order valence-corrected chi connectivity index (χ3v) is 5.37. The highest BCUT2D eigenvalue weighted by atomic mass is 79.9. The predicted molar refractivity (Wildman–Crippen MR) is 100 cm³/mol. The fourth-order valence-electron chi connectivity index (χ4n) is 3.40. The average Bonchev–Trinajstić information content (AvgIpc) is 3.01. The molecule has 1 N–H and O–H groups in total. The number of anilines is 1. The fraction of sp³-hybridized carbons (Fsp3) is 0.412. The zero-order valence-electron chi connectivity index (χ0n) is 15.4. The van der Waals surface area contributed by atoms with Crippen molar-refractivity contribution in [1.82, 2.24) is 24.7 Å². The first kappa shape index (κ1) is 19.7. The highest BCUT2D eigenvalue weighted by Gasteiger charge is 2.35. The van der Waals surface area contributed by atoms with Crippen LogP contribution < -0.4 is 5.32 Å². The standard InChI is InChI=1S/C17H17BrF2N6O3/c1-24-16(27)14-10-8-25(17(28)22-12-2-4-21-15(18)13(12)20)5-3-11(10)23-26(14)7-9(6-19)29-24/h2,4,9H,3,5-8H2,1H3,(H,21,22,28)/t9-/m1/s1. The maximum Gasteiger partial charge on any atom is 0.322 e. The molecule has 2 aliphatic heterocycles. The quantitative estimate of drug-likeness (QED) is 0.678. The lowest BCUT2D eigenvalue weighted by Crippen LogP contribution is -2.40. The van der Waals surface area contributed by atoms with E-state index in [4.69, 9.17) is 4.84 Å². The van der Waals surface area contributed by atoms with Crippen molar-refractivity contribution in [3.05, 3.63) is 39.6 Å². The topological polar surface area (TPSA) is 92.6 Å². The molecule has 0 saturated heterocycles. The Labute approximate surface area is 172 Å². The molecule has 12 heteroatoms. The minimum Gasteiger partial charge on any atom is -0.320 e.